The van der Waals surface area contributed by atoms with Gasteiger partial charge in [0.2, 0.25) is 0 Å². The van der Waals surface area contributed by atoms with Crippen LogP contribution in [0, 0.1) is 0 Å². The minimum atomic E-state index is 0.968. The first kappa shape index (κ1) is 16.4. The molecule has 0 N–H and O–H groups in total. The molecule has 0 saturated heterocycles. The lowest BCUT2D eigenvalue weighted by atomic mass is 9.98. The lowest BCUT2D eigenvalue weighted by molar-refractivity contribution is 0.109. The first-order valence-corrected chi connectivity index (χ1v) is 9.01. The third kappa shape index (κ3) is 3.51. The van der Waals surface area contributed by atoms with Crippen LogP contribution in [0.2, 0.25) is 0 Å². The maximum absolute atomic E-state index is 5.35. The van der Waals surface area contributed by atoms with E-state index < -0.39 is 0 Å². The summed E-state index contributed by atoms with van der Waals surface area (Å²) in [7, 11) is 3.47. The highest BCUT2D eigenvalue weighted by Crippen LogP contribution is 2.26. The molecule has 0 amide bonds. The van der Waals surface area contributed by atoms with Gasteiger partial charge in [-0.25, -0.2) is 0 Å². The quantitative estimate of drug-likeness (QED) is 0.855. The summed E-state index contributed by atoms with van der Waals surface area (Å²) in [6, 6.07) is 13.0. The predicted molar refractivity (Wildman–Crippen MR) is 99.1 cm³/mol. The maximum atomic E-state index is 5.35. The Hall–Kier alpha value is -2.04. The van der Waals surface area contributed by atoms with E-state index >= 15 is 0 Å². The molecule has 2 aromatic rings. The van der Waals surface area contributed by atoms with E-state index in [1.54, 1.807) is 14.2 Å². The summed E-state index contributed by atoms with van der Waals surface area (Å²) >= 11 is 0. The lowest BCUT2D eigenvalue weighted by Crippen LogP contribution is -2.42. The molecule has 2 heterocycles. The first-order valence-electron chi connectivity index (χ1n) is 9.01. The van der Waals surface area contributed by atoms with Gasteiger partial charge in [-0.2, -0.15) is 0 Å². The Bertz CT molecular complexity index is 696. The van der Waals surface area contributed by atoms with E-state index in [0.29, 0.717) is 0 Å². The van der Waals surface area contributed by atoms with E-state index in [2.05, 4.69) is 46.2 Å². The molecule has 0 unspecified atom stereocenters. The fraction of sp³-hybridized carbons (Fsp3) is 0.429. The van der Waals surface area contributed by atoms with Crippen LogP contribution in [0.4, 0.5) is 0 Å². The summed E-state index contributed by atoms with van der Waals surface area (Å²) in [5.74, 6) is 1.94. The SMILES string of the molecule is COc1ccc2c(c1)CCN(CN1CCc3cc(OC)ccc3C1)C2. The zero-order chi connectivity index (χ0) is 17.2. The standard InChI is InChI=1S/C21H26N2O2/c1-24-20-5-3-18-13-22(9-7-16(18)11-20)15-23-10-8-17-12-21(25-2)6-4-19(17)14-23/h3-6,11-12H,7-10,13-15H2,1-2H3. The normalized spacial score (nSPS) is 17.7. The average molecular weight is 338 g/mol. The van der Waals surface area contributed by atoms with E-state index in [1.165, 1.54) is 22.3 Å². The van der Waals surface area contributed by atoms with E-state index in [9.17, 15) is 0 Å². The Kier molecular flexibility index (Phi) is 4.64. The smallest absolute Gasteiger partial charge is 0.119 e. The van der Waals surface area contributed by atoms with Crippen LogP contribution in [-0.2, 0) is 25.9 Å². The van der Waals surface area contributed by atoms with E-state index in [1.807, 2.05) is 0 Å². The molecule has 2 aliphatic rings. The Morgan fingerprint density at radius 2 is 1.20 bits per heavy atom. The van der Waals surface area contributed by atoms with Crippen LogP contribution in [0.25, 0.3) is 0 Å². The van der Waals surface area contributed by atoms with E-state index in [0.717, 1.165) is 57.2 Å². The number of benzene rings is 2. The molecular weight excluding hydrogens is 312 g/mol. The van der Waals surface area contributed by atoms with E-state index in [4.69, 9.17) is 9.47 Å². The monoisotopic (exact) mass is 338 g/mol. The average Bonchev–Trinajstić information content (AvgIpc) is 2.67. The third-order valence-electron chi connectivity index (χ3n) is 5.41. The molecule has 0 aliphatic carbocycles. The highest BCUT2D eigenvalue weighted by molar-refractivity contribution is 5.38. The number of methoxy groups -OCH3 is 2. The second kappa shape index (κ2) is 7.06. The van der Waals surface area contributed by atoms with Crippen LogP contribution < -0.4 is 9.47 Å². The van der Waals surface area contributed by atoms with Crippen LogP contribution in [0.1, 0.15) is 22.3 Å². The summed E-state index contributed by atoms with van der Waals surface area (Å²) in [6.45, 7) is 5.34. The molecule has 0 spiro atoms. The number of ether oxygens (including phenoxy) is 2. The van der Waals surface area contributed by atoms with Gasteiger partial charge in [-0.3, -0.25) is 9.80 Å². The predicted octanol–water partition coefficient (Wildman–Crippen LogP) is 3.08. The topological polar surface area (TPSA) is 24.9 Å². The fourth-order valence-electron chi connectivity index (χ4n) is 3.95. The van der Waals surface area contributed by atoms with Gasteiger partial charge in [0.05, 0.1) is 20.9 Å². The maximum Gasteiger partial charge on any atom is 0.119 e. The summed E-state index contributed by atoms with van der Waals surface area (Å²) in [5.41, 5.74) is 5.75. The van der Waals surface area contributed by atoms with Gasteiger partial charge in [-0.15, -0.1) is 0 Å². The molecule has 0 atom stereocenters. The second-order valence-corrected chi connectivity index (χ2v) is 7.02. The Morgan fingerprint density at radius 3 is 1.64 bits per heavy atom. The van der Waals surface area contributed by atoms with Crippen molar-refractivity contribution in [1.29, 1.82) is 0 Å². The molecular formula is C21H26N2O2. The summed E-state index contributed by atoms with van der Waals surface area (Å²) in [6.07, 6.45) is 2.21. The molecule has 0 aromatic heterocycles. The summed E-state index contributed by atoms with van der Waals surface area (Å²) in [5, 5.41) is 0. The highest BCUT2D eigenvalue weighted by Gasteiger charge is 2.22. The largest absolute Gasteiger partial charge is 0.497 e. The molecule has 0 saturated carbocycles. The number of nitrogens with zero attached hydrogens (tertiary/aromatic N) is 2. The van der Waals surface area contributed by atoms with Crippen molar-refractivity contribution in [3.05, 3.63) is 58.7 Å². The van der Waals surface area contributed by atoms with Crippen LogP contribution in [0.5, 0.6) is 11.5 Å². The minimum Gasteiger partial charge on any atom is -0.497 e. The van der Waals surface area contributed by atoms with Crippen molar-refractivity contribution in [2.45, 2.75) is 25.9 Å². The van der Waals surface area contributed by atoms with Crippen molar-refractivity contribution in [2.24, 2.45) is 0 Å². The van der Waals surface area contributed by atoms with Crippen molar-refractivity contribution < 1.29 is 9.47 Å². The van der Waals surface area contributed by atoms with Crippen molar-refractivity contribution in [2.75, 3.05) is 34.0 Å². The third-order valence-corrected chi connectivity index (χ3v) is 5.41. The molecule has 4 heteroatoms. The zero-order valence-corrected chi connectivity index (χ0v) is 15.1. The van der Waals surface area contributed by atoms with Crippen molar-refractivity contribution in [3.8, 4) is 11.5 Å². The van der Waals surface area contributed by atoms with Gasteiger partial charge >= 0.3 is 0 Å². The lowest BCUT2D eigenvalue weighted by Gasteiger charge is -2.36. The van der Waals surface area contributed by atoms with Crippen LogP contribution >= 0.6 is 0 Å². The number of fused-ring (bicyclic) bond motifs is 2. The Morgan fingerprint density at radius 1 is 0.720 bits per heavy atom. The molecule has 0 fully saturated rings. The number of hydrogen-bond donors (Lipinski definition) is 0. The van der Waals surface area contributed by atoms with E-state index in [-0.39, 0.29) is 0 Å². The Balaban J connectivity index is 1.40. The van der Waals surface area contributed by atoms with Gasteiger partial charge in [0.15, 0.2) is 0 Å². The van der Waals surface area contributed by atoms with Gasteiger partial charge in [0.1, 0.15) is 11.5 Å². The van der Waals surface area contributed by atoms with Gasteiger partial charge in [0, 0.05) is 26.2 Å². The van der Waals surface area contributed by atoms with Gasteiger partial charge in [-0.1, -0.05) is 12.1 Å². The summed E-state index contributed by atoms with van der Waals surface area (Å²) in [4.78, 5) is 5.12. The van der Waals surface area contributed by atoms with Gasteiger partial charge < -0.3 is 9.47 Å². The Labute approximate surface area is 150 Å². The first-order chi connectivity index (χ1) is 12.2. The molecule has 25 heavy (non-hydrogen) atoms. The number of hydrogen-bond acceptors (Lipinski definition) is 4. The zero-order valence-electron chi connectivity index (χ0n) is 15.1. The fourth-order valence-corrected chi connectivity index (χ4v) is 3.95. The van der Waals surface area contributed by atoms with Crippen LogP contribution in [-0.4, -0.2) is 43.8 Å². The molecule has 4 nitrogen and oxygen atoms in total. The van der Waals surface area contributed by atoms with Gasteiger partial charge in [-0.05, 0) is 59.4 Å². The van der Waals surface area contributed by atoms with Crippen molar-refractivity contribution >= 4 is 0 Å². The minimum absolute atomic E-state index is 0.968. The summed E-state index contributed by atoms with van der Waals surface area (Å²) < 4.78 is 10.7. The number of rotatable bonds is 4. The molecule has 132 valence electrons. The highest BCUT2D eigenvalue weighted by atomic mass is 16.5. The van der Waals surface area contributed by atoms with Crippen LogP contribution in [0.15, 0.2) is 36.4 Å². The molecule has 2 aromatic carbocycles. The molecule has 2 aliphatic heterocycles. The van der Waals surface area contributed by atoms with Crippen molar-refractivity contribution in [1.82, 2.24) is 9.80 Å². The van der Waals surface area contributed by atoms with Gasteiger partial charge in [0.25, 0.3) is 0 Å². The molecule has 4 rings (SSSR count). The second-order valence-electron chi connectivity index (χ2n) is 7.02. The molecule has 0 bridgehead atoms. The molecule has 0 radical (unpaired) electrons. The van der Waals surface area contributed by atoms with Crippen molar-refractivity contribution in [3.63, 3.8) is 0 Å². The van der Waals surface area contributed by atoms with Crippen LogP contribution in [0.3, 0.4) is 0 Å².